The maximum atomic E-state index is 13.3. The Bertz CT molecular complexity index is 1210. The lowest BCUT2D eigenvalue weighted by molar-refractivity contribution is -0.137. The molecule has 0 saturated carbocycles. The fourth-order valence-electron chi connectivity index (χ4n) is 4.20. The zero-order valence-electron chi connectivity index (χ0n) is 19.0. The summed E-state index contributed by atoms with van der Waals surface area (Å²) >= 11 is 0. The number of hydrogen-bond acceptors (Lipinski definition) is 3. The Morgan fingerprint density at radius 2 is 1.74 bits per heavy atom. The van der Waals surface area contributed by atoms with Crippen LogP contribution in [0.1, 0.15) is 45.9 Å². The van der Waals surface area contributed by atoms with Gasteiger partial charge in [0.05, 0.1) is 11.6 Å². The van der Waals surface area contributed by atoms with E-state index in [9.17, 15) is 22.8 Å². The molecule has 1 unspecified atom stereocenters. The third kappa shape index (κ3) is 5.89. The molecular formula is C27H26F3N3O2. The predicted octanol–water partition coefficient (Wildman–Crippen LogP) is 4.92. The Hall–Kier alpha value is -3.65. The van der Waals surface area contributed by atoms with Crippen molar-refractivity contribution >= 4 is 11.8 Å². The number of halogens is 3. The number of nitrogens with zero attached hydrogens (tertiary/aromatic N) is 1. The molecule has 0 bridgehead atoms. The first-order valence-electron chi connectivity index (χ1n) is 11.4. The number of alkyl halides is 3. The minimum atomic E-state index is -4.51. The van der Waals surface area contributed by atoms with Crippen LogP contribution in [0.25, 0.3) is 11.1 Å². The van der Waals surface area contributed by atoms with Crippen LogP contribution >= 0.6 is 0 Å². The van der Waals surface area contributed by atoms with E-state index in [1.807, 2.05) is 30.3 Å². The molecule has 182 valence electrons. The van der Waals surface area contributed by atoms with Gasteiger partial charge in [0.2, 0.25) is 5.91 Å². The summed E-state index contributed by atoms with van der Waals surface area (Å²) in [6.07, 6.45) is -3.43. The molecule has 0 radical (unpaired) electrons. The van der Waals surface area contributed by atoms with Gasteiger partial charge in [-0.05, 0) is 52.9 Å². The van der Waals surface area contributed by atoms with Crippen LogP contribution in [0.2, 0.25) is 0 Å². The Balaban J connectivity index is 1.60. The van der Waals surface area contributed by atoms with E-state index >= 15 is 0 Å². The van der Waals surface area contributed by atoms with Crippen LogP contribution in [0.5, 0.6) is 0 Å². The number of nitrogens with two attached hydrogens (primary N) is 1. The number of hydrogen-bond donors (Lipinski definition) is 2. The van der Waals surface area contributed by atoms with Gasteiger partial charge in [-0.15, -0.1) is 0 Å². The van der Waals surface area contributed by atoms with Gasteiger partial charge in [0.1, 0.15) is 0 Å². The highest BCUT2D eigenvalue weighted by Crippen LogP contribution is 2.31. The molecule has 4 rings (SSSR count). The zero-order chi connectivity index (χ0) is 25.0. The summed E-state index contributed by atoms with van der Waals surface area (Å²) in [6.45, 7) is 1.05. The third-order valence-electron chi connectivity index (χ3n) is 6.14. The van der Waals surface area contributed by atoms with Gasteiger partial charge >= 0.3 is 6.18 Å². The molecule has 3 aromatic rings. The summed E-state index contributed by atoms with van der Waals surface area (Å²) in [5.74, 6) is -0.501. The number of amides is 2. The monoisotopic (exact) mass is 481 g/mol. The summed E-state index contributed by atoms with van der Waals surface area (Å²) in [6, 6.07) is 18.8. The minimum absolute atomic E-state index is 0.0702. The fourth-order valence-corrected chi connectivity index (χ4v) is 4.20. The van der Waals surface area contributed by atoms with Crippen molar-refractivity contribution in [2.45, 2.75) is 31.6 Å². The van der Waals surface area contributed by atoms with E-state index in [-0.39, 0.29) is 12.5 Å². The number of rotatable bonds is 7. The van der Waals surface area contributed by atoms with Crippen molar-refractivity contribution in [3.05, 3.63) is 95.1 Å². The summed E-state index contributed by atoms with van der Waals surface area (Å²) < 4.78 is 40.0. The Morgan fingerprint density at radius 3 is 2.40 bits per heavy atom. The lowest BCUT2D eigenvalue weighted by Gasteiger charge is -2.26. The van der Waals surface area contributed by atoms with Crippen molar-refractivity contribution in [3.8, 4) is 11.1 Å². The molecule has 3 aromatic carbocycles. The maximum absolute atomic E-state index is 13.3. The highest BCUT2D eigenvalue weighted by Gasteiger charge is 2.32. The summed E-state index contributed by atoms with van der Waals surface area (Å²) in [7, 11) is 0. The Kier molecular flexibility index (Phi) is 7.21. The standard InChI is InChI=1S/C27H26F3N3O2/c28-27(29,30)23-7-2-5-21(15-23)24(17-33-13-3-8-25(33)34)32-26(35)22-6-1-4-20(14-22)19-11-9-18(16-31)10-12-19/h1-2,4-7,9-12,14-15,24H,3,8,13,16-17,31H2,(H,32,35). The highest BCUT2D eigenvalue weighted by molar-refractivity contribution is 5.95. The number of carbonyl (C=O) groups is 2. The van der Waals surface area contributed by atoms with E-state index in [2.05, 4.69) is 5.32 Å². The Morgan fingerprint density at radius 1 is 1.00 bits per heavy atom. The van der Waals surface area contributed by atoms with Crippen LogP contribution in [0, 0.1) is 0 Å². The molecule has 1 aliphatic rings. The van der Waals surface area contributed by atoms with Crippen molar-refractivity contribution in [3.63, 3.8) is 0 Å². The number of benzene rings is 3. The molecule has 1 fully saturated rings. The molecule has 0 spiro atoms. The molecule has 2 amide bonds. The van der Waals surface area contributed by atoms with Crippen molar-refractivity contribution in [1.29, 1.82) is 0 Å². The van der Waals surface area contributed by atoms with Crippen molar-refractivity contribution < 1.29 is 22.8 Å². The minimum Gasteiger partial charge on any atom is -0.343 e. The van der Waals surface area contributed by atoms with Gasteiger partial charge in [0.25, 0.3) is 5.91 Å². The summed E-state index contributed by atoms with van der Waals surface area (Å²) in [4.78, 5) is 27.0. The van der Waals surface area contributed by atoms with Gasteiger partial charge in [0, 0.05) is 31.6 Å². The number of nitrogens with one attached hydrogen (secondary N) is 1. The average Bonchev–Trinajstić information content (AvgIpc) is 3.27. The quantitative estimate of drug-likeness (QED) is 0.503. The number of carbonyl (C=O) groups excluding carboxylic acids is 2. The van der Waals surface area contributed by atoms with Crippen LogP contribution in [0.3, 0.4) is 0 Å². The molecule has 35 heavy (non-hydrogen) atoms. The second-order valence-electron chi connectivity index (χ2n) is 8.57. The van der Waals surface area contributed by atoms with E-state index < -0.39 is 23.7 Å². The van der Waals surface area contributed by atoms with Crippen molar-refractivity contribution in [2.24, 2.45) is 5.73 Å². The van der Waals surface area contributed by atoms with Crippen LogP contribution < -0.4 is 11.1 Å². The molecule has 0 aromatic heterocycles. The zero-order valence-corrected chi connectivity index (χ0v) is 19.0. The van der Waals surface area contributed by atoms with Gasteiger partial charge < -0.3 is 16.0 Å². The largest absolute Gasteiger partial charge is 0.416 e. The lowest BCUT2D eigenvalue weighted by atomic mass is 10.00. The molecule has 1 atom stereocenters. The molecule has 1 aliphatic heterocycles. The first-order valence-corrected chi connectivity index (χ1v) is 11.4. The maximum Gasteiger partial charge on any atom is 0.416 e. The molecule has 8 heteroatoms. The van der Waals surface area contributed by atoms with E-state index in [4.69, 9.17) is 5.73 Å². The lowest BCUT2D eigenvalue weighted by Crippen LogP contribution is -2.38. The smallest absolute Gasteiger partial charge is 0.343 e. The molecule has 3 N–H and O–H groups in total. The van der Waals surface area contributed by atoms with Crippen LogP contribution in [-0.2, 0) is 17.5 Å². The normalized spacial score (nSPS) is 14.7. The van der Waals surface area contributed by atoms with Crippen molar-refractivity contribution in [1.82, 2.24) is 10.2 Å². The fraction of sp³-hybridized carbons (Fsp3) is 0.259. The SMILES string of the molecule is NCc1ccc(-c2cccc(C(=O)NC(CN3CCCC3=O)c3cccc(C(F)(F)F)c3)c2)cc1. The second-order valence-corrected chi connectivity index (χ2v) is 8.57. The molecule has 1 heterocycles. The van der Waals surface area contributed by atoms with Crippen LogP contribution in [-0.4, -0.2) is 29.8 Å². The van der Waals surface area contributed by atoms with Crippen molar-refractivity contribution in [2.75, 3.05) is 13.1 Å². The average molecular weight is 482 g/mol. The number of likely N-dealkylation sites (tertiary alicyclic amines) is 1. The van der Waals surface area contributed by atoms with Crippen LogP contribution in [0.15, 0.2) is 72.8 Å². The highest BCUT2D eigenvalue weighted by atomic mass is 19.4. The predicted molar refractivity (Wildman–Crippen MR) is 127 cm³/mol. The van der Waals surface area contributed by atoms with E-state index in [1.54, 1.807) is 23.1 Å². The second kappa shape index (κ2) is 10.3. The van der Waals surface area contributed by atoms with Crippen LogP contribution in [0.4, 0.5) is 13.2 Å². The molecular weight excluding hydrogens is 455 g/mol. The van der Waals surface area contributed by atoms with E-state index in [0.29, 0.717) is 37.1 Å². The summed E-state index contributed by atoms with van der Waals surface area (Å²) in [5, 5.41) is 2.86. The first kappa shape index (κ1) is 24.5. The van der Waals surface area contributed by atoms with Gasteiger partial charge in [-0.1, -0.05) is 48.5 Å². The third-order valence-corrected chi connectivity index (χ3v) is 6.14. The van der Waals surface area contributed by atoms with Gasteiger partial charge in [-0.3, -0.25) is 9.59 Å². The molecule has 0 aliphatic carbocycles. The van der Waals surface area contributed by atoms with Gasteiger partial charge in [-0.25, -0.2) is 0 Å². The Labute approximate surface area is 201 Å². The van der Waals surface area contributed by atoms with Gasteiger partial charge in [-0.2, -0.15) is 13.2 Å². The molecule has 1 saturated heterocycles. The topological polar surface area (TPSA) is 75.4 Å². The molecule has 5 nitrogen and oxygen atoms in total. The summed E-state index contributed by atoms with van der Waals surface area (Å²) in [5.41, 5.74) is 8.24. The van der Waals surface area contributed by atoms with Gasteiger partial charge in [0.15, 0.2) is 0 Å². The first-order chi connectivity index (χ1) is 16.7. The van der Waals surface area contributed by atoms with E-state index in [1.165, 1.54) is 12.1 Å². The van der Waals surface area contributed by atoms with E-state index in [0.717, 1.165) is 28.8 Å².